The summed E-state index contributed by atoms with van der Waals surface area (Å²) in [5, 5.41) is 13.3. The second kappa shape index (κ2) is 6.53. The van der Waals surface area contributed by atoms with E-state index >= 15 is 0 Å². The fourth-order valence-corrected chi connectivity index (χ4v) is 2.22. The van der Waals surface area contributed by atoms with Gasteiger partial charge in [-0.05, 0) is 31.5 Å². The SMILES string of the molecule is Cc1noc(C)c1NC(=O)Nc1ccn(Cc2ccc(F)cc2)n1. The van der Waals surface area contributed by atoms with Crippen molar-refractivity contribution in [2.75, 3.05) is 10.6 Å². The summed E-state index contributed by atoms with van der Waals surface area (Å²) in [6.07, 6.45) is 1.73. The number of carbonyl (C=O) groups is 1. The Morgan fingerprint density at radius 2 is 1.96 bits per heavy atom. The van der Waals surface area contributed by atoms with E-state index in [1.165, 1.54) is 12.1 Å². The molecule has 0 bridgehead atoms. The molecule has 0 fully saturated rings. The minimum atomic E-state index is -0.434. The van der Waals surface area contributed by atoms with Gasteiger partial charge in [-0.25, -0.2) is 9.18 Å². The van der Waals surface area contributed by atoms with Gasteiger partial charge in [-0.3, -0.25) is 10.00 Å². The largest absolute Gasteiger partial charge is 0.359 e. The molecule has 124 valence electrons. The minimum Gasteiger partial charge on any atom is -0.359 e. The van der Waals surface area contributed by atoms with Crippen molar-refractivity contribution in [2.24, 2.45) is 0 Å². The lowest BCUT2D eigenvalue weighted by molar-refractivity contribution is 0.262. The average molecular weight is 329 g/mol. The molecule has 1 aromatic carbocycles. The van der Waals surface area contributed by atoms with Crippen molar-refractivity contribution in [3.63, 3.8) is 0 Å². The van der Waals surface area contributed by atoms with Crippen LogP contribution in [0, 0.1) is 19.7 Å². The Bertz CT molecular complexity index is 834. The summed E-state index contributed by atoms with van der Waals surface area (Å²) < 4.78 is 19.5. The van der Waals surface area contributed by atoms with Crippen molar-refractivity contribution in [3.8, 4) is 0 Å². The quantitative estimate of drug-likeness (QED) is 0.769. The second-order valence-corrected chi connectivity index (χ2v) is 5.30. The van der Waals surface area contributed by atoms with Crippen LogP contribution in [0.2, 0.25) is 0 Å². The van der Waals surface area contributed by atoms with E-state index in [0.29, 0.717) is 29.5 Å². The van der Waals surface area contributed by atoms with Crippen molar-refractivity contribution in [1.29, 1.82) is 0 Å². The summed E-state index contributed by atoms with van der Waals surface area (Å²) in [5.74, 6) is 0.656. The number of carbonyl (C=O) groups excluding carboxylic acids is 1. The number of anilines is 2. The van der Waals surface area contributed by atoms with Crippen LogP contribution in [-0.4, -0.2) is 21.0 Å². The fraction of sp³-hybridized carbons (Fsp3) is 0.188. The number of hydrogen-bond donors (Lipinski definition) is 2. The fourth-order valence-electron chi connectivity index (χ4n) is 2.22. The molecule has 3 aromatic rings. The molecular formula is C16H16FN5O2. The number of nitrogens with zero attached hydrogens (tertiary/aromatic N) is 3. The molecule has 0 spiro atoms. The first-order chi connectivity index (χ1) is 11.5. The maximum absolute atomic E-state index is 12.9. The van der Waals surface area contributed by atoms with Crippen LogP contribution < -0.4 is 10.6 Å². The Balaban J connectivity index is 1.61. The number of aryl methyl sites for hydroxylation is 2. The van der Waals surface area contributed by atoms with E-state index in [0.717, 1.165) is 5.56 Å². The first kappa shape index (κ1) is 15.7. The summed E-state index contributed by atoms with van der Waals surface area (Å²) in [7, 11) is 0. The number of nitrogens with one attached hydrogen (secondary N) is 2. The topological polar surface area (TPSA) is 85.0 Å². The zero-order valence-electron chi connectivity index (χ0n) is 13.2. The van der Waals surface area contributed by atoms with Crippen molar-refractivity contribution in [3.05, 3.63) is 59.4 Å². The maximum atomic E-state index is 12.9. The predicted molar refractivity (Wildman–Crippen MR) is 86.3 cm³/mol. The molecule has 0 aliphatic rings. The Labute approximate surface area is 137 Å². The molecule has 0 atom stereocenters. The molecule has 0 saturated carbocycles. The summed E-state index contributed by atoms with van der Waals surface area (Å²) in [6, 6.07) is 7.42. The van der Waals surface area contributed by atoms with Crippen LogP contribution in [0.1, 0.15) is 17.0 Å². The minimum absolute atomic E-state index is 0.280. The third-order valence-corrected chi connectivity index (χ3v) is 3.41. The highest BCUT2D eigenvalue weighted by Crippen LogP contribution is 2.18. The van der Waals surface area contributed by atoms with Crippen LogP contribution in [0.3, 0.4) is 0 Å². The lowest BCUT2D eigenvalue weighted by Crippen LogP contribution is -2.20. The van der Waals surface area contributed by atoms with Crippen LogP contribution in [0.4, 0.5) is 20.7 Å². The number of amides is 2. The second-order valence-electron chi connectivity index (χ2n) is 5.30. The number of rotatable bonds is 4. The Kier molecular flexibility index (Phi) is 4.28. The predicted octanol–water partition coefficient (Wildman–Crippen LogP) is 3.32. The third-order valence-electron chi connectivity index (χ3n) is 3.41. The van der Waals surface area contributed by atoms with Gasteiger partial charge < -0.3 is 9.84 Å². The number of urea groups is 1. The monoisotopic (exact) mass is 329 g/mol. The zero-order chi connectivity index (χ0) is 17.1. The Morgan fingerprint density at radius 1 is 1.21 bits per heavy atom. The summed E-state index contributed by atoms with van der Waals surface area (Å²) in [6.45, 7) is 3.93. The highest BCUT2D eigenvalue weighted by Gasteiger charge is 2.13. The normalized spacial score (nSPS) is 10.6. The highest BCUT2D eigenvalue weighted by atomic mass is 19.1. The molecule has 7 nitrogen and oxygen atoms in total. The lowest BCUT2D eigenvalue weighted by Gasteiger charge is -2.05. The van der Waals surface area contributed by atoms with Crippen LogP contribution in [0.15, 0.2) is 41.1 Å². The first-order valence-electron chi connectivity index (χ1n) is 7.30. The summed E-state index contributed by atoms with van der Waals surface area (Å²) in [4.78, 5) is 12.0. The molecular weight excluding hydrogens is 313 g/mol. The summed E-state index contributed by atoms with van der Waals surface area (Å²) >= 11 is 0. The molecule has 24 heavy (non-hydrogen) atoms. The molecule has 3 rings (SSSR count). The number of aromatic nitrogens is 3. The van der Waals surface area contributed by atoms with Crippen molar-refractivity contribution in [1.82, 2.24) is 14.9 Å². The molecule has 2 heterocycles. The van der Waals surface area contributed by atoms with Gasteiger partial charge in [0.25, 0.3) is 0 Å². The smallest absolute Gasteiger partial charge is 0.325 e. The average Bonchev–Trinajstić information content (AvgIpc) is 3.11. The van der Waals surface area contributed by atoms with E-state index in [9.17, 15) is 9.18 Å². The number of halogens is 1. The Hall–Kier alpha value is -3.16. The van der Waals surface area contributed by atoms with Gasteiger partial charge in [0.05, 0.1) is 6.54 Å². The van der Waals surface area contributed by atoms with E-state index in [2.05, 4.69) is 20.9 Å². The number of benzene rings is 1. The van der Waals surface area contributed by atoms with Gasteiger partial charge in [0.15, 0.2) is 11.6 Å². The number of hydrogen-bond acceptors (Lipinski definition) is 4. The van der Waals surface area contributed by atoms with Crippen LogP contribution in [-0.2, 0) is 6.54 Å². The molecule has 0 saturated heterocycles. The van der Waals surface area contributed by atoms with Gasteiger partial charge in [-0.15, -0.1) is 0 Å². The molecule has 2 amide bonds. The Morgan fingerprint density at radius 3 is 2.62 bits per heavy atom. The van der Waals surface area contributed by atoms with Crippen molar-refractivity contribution < 1.29 is 13.7 Å². The van der Waals surface area contributed by atoms with E-state index in [1.54, 1.807) is 42.9 Å². The van der Waals surface area contributed by atoms with E-state index in [-0.39, 0.29) is 5.82 Å². The molecule has 8 heteroatoms. The van der Waals surface area contributed by atoms with Crippen LogP contribution in [0.25, 0.3) is 0 Å². The van der Waals surface area contributed by atoms with E-state index in [1.807, 2.05) is 0 Å². The van der Waals surface area contributed by atoms with Crippen molar-refractivity contribution in [2.45, 2.75) is 20.4 Å². The maximum Gasteiger partial charge on any atom is 0.325 e. The van der Waals surface area contributed by atoms with E-state index in [4.69, 9.17) is 4.52 Å². The van der Waals surface area contributed by atoms with Gasteiger partial charge in [0.2, 0.25) is 0 Å². The van der Waals surface area contributed by atoms with Crippen LogP contribution in [0.5, 0.6) is 0 Å². The summed E-state index contributed by atoms with van der Waals surface area (Å²) in [5.41, 5.74) is 2.05. The third kappa shape index (κ3) is 3.60. The highest BCUT2D eigenvalue weighted by molar-refractivity contribution is 5.99. The molecule has 2 N–H and O–H groups in total. The van der Waals surface area contributed by atoms with Gasteiger partial charge >= 0.3 is 6.03 Å². The molecule has 2 aromatic heterocycles. The molecule has 0 aliphatic carbocycles. The molecule has 0 aliphatic heterocycles. The van der Waals surface area contributed by atoms with Gasteiger partial charge in [0, 0.05) is 12.3 Å². The van der Waals surface area contributed by atoms with Gasteiger partial charge in [-0.1, -0.05) is 17.3 Å². The molecule has 0 radical (unpaired) electrons. The van der Waals surface area contributed by atoms with Gasteiger partial charge in [0.1, 0.15) is 17.2 Å². The lowest BCUT2D eigenvalue weighted by atomic mass is 10.2. The standard InChI is InChI=1S/C16H16FN5O2/c1-10-15(11(2)24-21-10)19-16(23)18-14-7-8-22(20-14)9-12-3-5-13(17)6-4-12/h3-8H,9H2,1-2H3,(H2,18,19,20,23). The zero-order valence-corrected chi connectivity index (χ0v) is 13.2. The first-order valence-corrected chi connectivity index (χ1v) is 7.30. The van der Waals surface area contributed by atoms with Gasteiger partial charge in [-0.2, -0.15) is 5.10 Å². The van der Waals surface area contributed by atoms with Crippen LogP contribution >= 0.6 is 0 Å². The van der Waals surface area contributed by atoms with E-state index < -0.39 is 6.03 Å². The molecule has 0 unspecified atom stereocenters. The van der Waals surface area contributed by atoms with Crippen molar-refractivity contribution >= 4 is 17.5 Å².